The van der Waals surface area contributed by atoms with Crippen molar-refractivity contribution in [3.8, 4) is 6.07 Å². The van der Waals surface area contributed by atoms with Crippen molar-refractivity contribution in [2.45, 2.75) is 26.2 Å². The molecular formula is C12H12N2S. The molecule has 0 saturated carbocycles. The monoisotopic (exact) mass is 216 g/mol. The molecule has 2 heterocycles. The maximum Gasteiger partial charge on any atom is 0.101 e. The third-order valence-corrected chi connectivity index (χ3v) is 3.85. The van der Waals surface area contributed by atoms with Crippen LogP contribution in [0.25, 0.3) is 10.1 Å². The van der Waals surface area contributed by atoms with Crippen molar-refractivity contribution in [2.75, 3.05) is 0 Å². The van der Waals surface area contributed by atoms with Crippen LogP contribution in [0, 0.1) is 11.3 Å². The van der Waals surface area contributed by atoms with E-state index in [-0.39, 0.29) is 5.41 Å². The summed E-state index contributed by atoms with van der Waals surface area (Å²) in [6.45, 7) is 6.39. The summed E-state index contributed by atoms with van der Waals surface area (Å²) >= 11 is 1.67. The fourth-order valence-electron chi connectivity index (χ4n) is 1.59. The summed E-state index contributed by atoms with van der Waals surface area (Å²) in [6.07, 6.45) is 3.57. The Labute approximate surface area is 93.2 Å². The Balaban J connectivity index is 2.83. The van der Waals surface area contributed by atoms with Crippen LogP contribution in [0.3, 0.4) is 0 Å². The van der Waals surface area contributed by atoms with Gasteiger partial charge in [-0.15, -0.1) is 11.3 Å². The van der Waals surface area contributed by atoms with Gasteiger partial charge in [0.25, 0.3) is 0 Å². The molecule has 0 amide bonds. The van der Waals surface area contributed by atoms with E-state index in [0.29, 0.717) is 0 Å². The van der Waals surface area contributed by atoms with Crippen LogP contribution >= 0.6 is 11.3 Å². The molecule has 0 saturated heterocycles. The van der Waals surface area contributed by atoms with Gasteiger partial charge in [0.05, 0.1) is 10.3 Å². The van der Waals surface area contributed by atoms with Crippen molar-refractivity contribution in [3.63, 3.8) is 0 Å². The highest BCUT2D eigenvalue weighted by molar-refractivity contribution is 7.19. The van der Waals surface area contributed by atoms with Gasteiger partial charge >= 0.3 is 0 Å². The maximum atomic E-state index is 9.20. The average Bonchev–Trinajstić information content (AvgIpc) is 2.55. The lowest BCUT2D eigenvalue weighted by Crippen LogP contribution is -2.10. The standard InChI is InChI=1S/C12H12N2S/c1-12(2,3)11-9(6-13)8-4-5-14-7-10(8)15-11/h4-5,7H,1-3H3. The SMILES string of the molecule is CC(C)(C)c1sc2cnccc2c1C#N. The van der Waals surface area contributed by atoms with Gasteiger partial charge in [0, 0.05) is 22.7 Å². The van der Waals surface area contributed by atoms with Crippen LogP contribution < -0.4 is 0 Å². The van der Waals surface area contributed by atoms with E-state index in [2.05, 4.69) is 31.8 Å². The number of pyridine rings is 1. The number of hydrogen-bond donors (Lipinski definition) is 0. The zero-order chi connectivity index (χ0) is 11.1. The Bertz CT molecular complexity index is 541. The van der Waals surface area contributed by atoms with E-state index < -0.39 is 0 Å². The van der Waals surface area contributed by atoms with Gasteiger partial charge in [-0.1, -0.05) is 20.8 Å². The second kappa shape index (κ2) is 3.32. The zero-order valence-corrected chi connectivity index (χ0v) is 9.85. The highest BCUT2D eigenvalue weighted by atomic mass is 32.1. The summed E-state index contributed by atoms with van der Waals surface area (Å²) in [7, 11) is 0. The first kappa shape index (κ1) is 10.1. The fraction of sp³-hybridized carbons (Fsp3) is 0.333. The second-order valence-corrected chi connectivity index (χ2v) is 5.59. The molecule has 0 unspecified atom stereocenters. The van der Waals surface area contributed by atoms with Crippen LogP contribution in [-0.2, 0) is 5.41 Å². The van der Waals surface area contributed by atoms with Gasteiger partial charge in [0.15, 0.2) is 0 Å². The molecule has 0 aliphatic carbocycles. The van der Waals surface area contributed by atoms with Gasteiger partial charge < -0.3 is 0 Å². The Morgan fingerprint density at radius 1 is 1.40 bits per heavy atom. The van der Waals surface area contributed by atoms with Crippen LogP contribution in [0.4, 0.5) is 0 Å². The van der Waals surface area contributed by atoms with Crippen LogP contribution in [-0.4, -0.2) is 4.98 Å². The van der Waals surface area contributed by atoms with Crippen molar-refractivity contribution < 1.29 is 0 Å². The van der Waals surface area contributed by atoms with Gasteiger partial charge in [-0.25, -0.2) is 0 Å². The third-order valence-electron chi connectivity index (χ3n) is 2.29. The highest BCUT2D eigenvalue weighted by Gasteiger charge is 2.22. The Morgan fingerprint density at radius 3 is 2.73 bits per heavy atom. The maximum absolute atomic E-state index is 9.20. The van der Waals surface area contributed by atoms with E-state index in [1.165, 1.54) is 0 Å². The van der Waals surface area contributed by atoms with Gasteiger partial charge in [0.2, 0.25) is 0 Å². The van der Waals surface area contributed by atoms with Gasteiger partial charge in [-0.2, -0.15) is 5.26 Å². The van der Waals surface area contributed by atoms with Crippen molar-refractivity contribution in [3.05, 3.63) is 28.9 Å². The number of thiophene rings is 1. The van der Waals surface area contributed by atoms with E-state index in [0.717, 1.165) is 20.5 Å². The van der Waals surface area contributed by atoms with Crippen molar-refractivity contribution in [1.82, 2.24) is 4.98 Å². The second-order valence-electron chi connectivity index (χ2n) is 4.54. The summed E-state index contributed by atoms with van der Waals surface area (Å²) in [5.41, 5.74) is 0.833. The minimum absolute atomic E-state index is 0.0226. The van der Waals surface area contributed by atoms with E-state index >= 15 is 0 Å². The molecule has 2 aromatic rings. The number of aromatic nitrogens is 1. The normalized spacial score (nSPS) is 11.6. The highest BCUT2D eigenvalue weighted by Crippen LogP contribution is 2.37. The van der Waals surface area contributed by atoms with Crippen LogP contribution in [0.1, 0.15) is 31.2 Å². The largest absolute Gasteiger partial charge is 0.263 e. The molecule has 0 bridgehead atoms. The number of fused-ring (bicyclic) bond motifs is 1. The first-order chi connectivity index (χ1) is 7.04. The molecule has 0 fully saturated rings. The smallest absolute Gasteiger partial charge is 0.101 e. The summed E-state index contributed by atoms with van der Waals surface area (Å²) in [5, 5.41) is 10.2. The van der Waals surface area contributed by atoms with E-state index in [1.807, 2.05) is 12.3 Å². The van der Waals surface area contributed by atoms with Crippen LogP contribution in [0.15, 0.2) is 18.5 Å². The average molecular weight is 216 g/mol. The van der Waals surface area contributed by atoms with Gasteiger partial charge in [-0.05, 0) is 11.5 Å². The summed E-state index contributed by atoms with van der Waals surface area (Å²) in [5.74, 6) is 0. The number of nitrogens with zero attached hydrogens (tertiary/aromatic N) is 2. The summed E-state index contributed by atoms with van der Waals surface area (Å²) in [4.78, 5) is 5.23. The molecule has 15 heavy (non-hydrogen) atoms. The first-order valence-electron chi connectivity index (χ1n) is 4.81. The molecule has 0 spiro atoms. The summed E-state index contributed by atoms with van der Waals surface area (Å²) < 4.78 is 1.10. The zero-order valence-electron chi connectivity index (χ0n) is 9.03. The van der Waals surface area contributed by atoms with E-state index in [1.54, 1.807) is 17.5 Å². The lowest BCUT2D eigenvalue weighted by Gasteiger charge is -2.16. The Kier molecular flexibility index (Phi) is 2.24. The van der Waals surface area contributed by atoms with Crippen LogP contribution in [0.5, 0.6) is 0 Å². The molecule has 2 nitrogen and oxygen atoms in total. The molecule has 0 N–H and O–H groups in total. The van der Waals surface area contributed by atoms with E-state index in [4.69, 9.17) is 0 Å². The minimum atomic E-state index is 0.0226. The number of rotatable bonds is 0. The Hall–Kier alpha value is -1.40. The lowest BCUT2D eigenvalue weighted by atomic mass is 9.91. The lowest BCUT2D eigenvalue weighted by molar-refractivity contribution is 0.603. The van der Waals surface area contributed by atoms with Gasteiger partial charge in [0.1, 0.15) is 6.07 Å². The molecule has 2 rings (SSSR count). The predicted octanol–water partition coefficient (Wildman–Crippen LogP) is 3.47. The van der Waals surface area contributed by atoms with Crippen molar-refractivity contribution >= 4 is 21.4 Å². The first-order valence-corrected chi connectivity index (χ1v) is 5.63. The molecular weight excluding hydrogens is 204 g/mol. The van der Waals surface area contributed by atoms with Crippen molar-refractivity contribution in [1.29, 1.82) is 5.26 Å². The molecule has 76 valence electrons. The Morgan fingerprint density at radius 2 is 2.13 bits per heavy atom. The van der Waals surface area contributed by atoms with Crippen LogP contribution in [0.2, 0.25) is 0 Å². The number of nitriles is 1. The van der Waals surface area contributed by atoms with Gasteiger partial charge in [-0.3, -0.25) is 4.98 Å². The topological polar surface area (TPSA) is 36.7 Å². The third kappa shape index (κ3) is 1.62. The van der Waals surface area contributed by atoms with Crippen molar-refractivity contribution in [2.24, 2.45) is 0 Å². The molecule has 0 aliphatic heterocycles. The van der Waals surface area contributed by atoms with E-state index in [9.17, 15) is 5.26 Å². The fourth-order valence-corrected chi connectivity index (χ4v) is 2.77. The molecule has 2 aromatic heterocycles. The summed E-state index contributed by atoms with van der Waals surface area (Å²) in [6, 6.07) is 4.22. The quantitative estimate of drug-likeness (QED) is 0.676. The molecule has 0 aromatic carbocycles. The minimum Gasteiger partial charge on any atom is -0.263 e. The number of hydrogen-bond acceptors (Lipinski definition) is 3. The molecule has 0 atom stereocenters. The molecule has 0 aliphatic rings. The molecule has 0 radical (unpaired) electrons. The molecule has 3 heteroatoms. The predicted molar refractivity (Wildman–Crippen MR) is 63.0 cm³/mol.